The molecular weight excluding hydrogens is 680 g/mol. The summed E-state index contributed by atoms with van der Waals surface area (Å²) in [5, 5.41) is 16.6. The number of pyridine rings is 1. The number of aromatic nitrogens is 3. The monoisotopic (exact) mass is 718 g/mol. The molecule has 5 aromatic rings. The number of rotatable bonds is 16. The van der Waals surface area contributed by atoms with Crippen molar-refractivity contribution in [3.63, 3.8) is 0 Å². The van der Waals surface area contributed by atoms with Gasteiger partial charge in [0.1, 0.15) is 11.3 Å². The summed E-state index contributed by atoms with van der Waals surface area (Å²) in [6.45, 7) is 3.48. The van der Waals surface area contributed by atoms with Crippen LogP contribution in [0.3, 0.4) is 0 Å². The second-order valence-corrected chi connectivity index (χ2v) is 11.8. The third-order valence-electron chi connectivity index (χ3n) is 8.03. The molecule has 0 aliphatic rings. The summed E-state index contributed by atoms with van der Waals surface area (Å²) in [5.74, 6) is -7.74. The highest BCUT2D eigenvalue weighted by molar-refractivity contribution is 6.06. The molecule has 0 unspecified atom stereocenters. The zero-order valence-electron chi connectivity index (χ0n) is 28.5. The Bertz CT molecular complexity index is 2090. The molecule has 5 rings (SSSR count). The SMILES string of the molecule is CCCCc1nc2c(N)nc3ccccc3c2n1CCCCN=C(NCCOCCC(=O)Oc1c(F)c(F)cc(F)c1F)Nc1cccc(C#N)c1. The van der Waals surface area contributed by atoms with Gasteiger partial charge in [-0.25, -0.2) is 18.7 Å². The number of carbonyl (C=O) groups is 1. The van der Waals surface area contributed by atoms with Crippen molar-refractivity contribution in [1.29, 1.82) is 5.26 Å². The lowest BCUT2D eigenvalue weighted by Crippen LogP contribution is -2.34. The van der Waals surface area contributed by atoms with E-state index >= 15 is 0 Å². The Morgan fingerprint density at radius 1 is 1.00 bits per heavy atom. The Kier molecular flexibility index (Phi) is 12.9. The van der Waals surface area contributed by atoms with Crippen LogP contribution in [0.25, 0.3) is 21.9 Å². The number of nitrogen functional groups attached to an aromatic ring is 1. The predicted molar refractivity (Wildman–Crippen MR) is 190 cm³/mol. The highest BCUT2D eigenvalue weighted by atomic mass is 19.2. The largest absolute Gasteiger partial charge is 0.420 e. The molecule has 0 aliphatic carbocycles. The van der Waals surface area contributed by atoms with Gasteiger partial charge in [-0.1, -0.05) is 37.6 Å². The van der Waals surface area contributed by atoms with Gasteiger partial charge in [0, 0.05) is 43.2 Å². The molecule has 52 heavy (non-hydrogen) atoms. The Morgan fingerprint density at radius 3 is 2.56 bits per heavy atom. The Labute approximate surface area is 297 Å². The molecule has 272 valence electrons. The lowest BCUT2D eigenvalue weighted by Gasteiger charge is -2.14. The number of nitrogens with one attached hydrogen (secondary N) is 2. The first-order valence-electron chi connectivity index (χ1n) is 16.9. The first kappa shape index (κ1) is 37.5. The van der Waals surface area contributed by atoms with E-state index in [1.807, 2.05) is 24.3 Å². The van der Waals surface area contributed by atoms with E-state index in [4.69, 9.17) is 20.4 Å². The van der Waals surface area contributed by atoms with Gasteiger partial charge < -0.3 is 30.4 Å². The molecule has 15 heteroatoms. The number of nitrogens with zero attached hydrogens (tertiary/aromatic N) is 5. The molecule has 2 aromatic heterocycles. The number of imidazole rings is 1. The summed E-state index contributed by atoms with van der Waals surface area (Å²) in [6, 6.07) is 16.9. The van der Waals surface area contributed by atoms with Crippen molar-refractivity contribution >= 4 is 45.4 Å². The number of anilines is 2. The van der Waals surface area contributed by atoms with Crippen LogP contribution in [-0.4, -0.2) is 52.8 Å². The Hall–Kier alpha value is -5.75. The van der Waals surface area contributed by atoms with Crippen LogP contribution >= 0.6 is 0 Å². The number of hydrogen-bond donors (Lipinski definition) is 3. The van der Waals surface area contributed by atoms with Crippen LogP contribution in [0.2, 0.25) is 0 Å². The van der Waals surface area contributed by atoms with Gasteiger partial charge in [0.15, 0.2) is 23.4 Å². The summed E-state index contributed by atoms with van der Waals surface area (Å²) in [7, 11) is 0. The average Bonchev–Trinajstić information content (AvgIpc) is 3.51. The van der Waals surface area contributed by atoms with Crippen LogP contribution in [0.4, 0.5) is 29.1 Å². The number of fused-ring (bicyclic) bond motifs is 3. The van der Waals surface area contributed by atoms with Crippen molar-refractivity contribution in [3.05, 3.63) is 89.3 Å². The number of halogens is 4. The standard InChI is InChI=1S/C37H38F4N8O3/c1-2-3-13-29-48-33-34(25-11-4-5-12-28(25)47-36(33)43)49(29)17-7-6-15-44-37(46-24-10-8-9-23(20-24)22-42)45-16-19-51-18-14-30(50)52-35-31(40)26(38)21-27(39)32(35)41/h4-5,8-12,20-21H,2-3,6-7,13-19H2,1H3,(H2,43,47)(H2,44,45,46). The third-order valence-corrected chi connectivity index (χ3v) is 8.03. The zero-order chi connectivity index (χ0) is 37.0. The quantitative estimate of drug-likeness (QED) is 0.0191. The van der Waals surface area contributed by atoms with E-state index in [0.29, 0.717) is 41.6 Å². The van der Waals surface area contributed by atoms with Crippen LogP contribution in [0.5, 0.6) is 5.75 Å². The number of aryl methyl sites for hydroxylation is 2. The summed E-state index contributed by atoms with van der Waals surface area (Å²) < 4.78 is 66.6. The number of unbranched alkanes of at least 4 members (excludes halogenated alkanes) is 2. The minimum atomic E-state index is -1.81. The molecule has 0 saturated heterocycles. The number of nitriles is 1. The molecule has 0 radical (unpaired) electrons. The fourth-order valence-corrected chi connectivity index (χ4v) is 5.49. The number of carbonyl (C=O) groups excluding carboxylic acids is 1. The molecule has 0 aliphatic heterocycles. The molecular formula is C37H38F4N8O3. The van der Waals surface area contributed by atoms with E-state index in [-0.39, 0.29) is 25.8 Å². The summed E-state index contributed by atoms with van der Waals surface area (Å²) in [4.78, 5) is 26.2. The van der Waals surface area contributed by atoms with Crippen molar-refractivity contribution in [2.75, 3.05) is 37.4 Å². The minimum absolute atomic E-state index is 0.0221. The number of benzene rings is 3. The van der Waals surface area contributed by atoms with E-state index in [1.165, 1.54) is 0 Å². The lowest BCUT2D eigenvalue weighted by atomic mass is 10.2. The predicted octanol–water partition coefficient (Wildman–Crippen LogP) is 6.79. The number of hydrogen-bond acceptors (Lipinski definition) is 8. The smallest absolute Gasteiger partial charge is 0.313 e. The van der Waals surface area contributed by atoms with Crippen LogP contribution in [0.15, 0.2) is 59.6 Å². The number of aliphatic imine (C=N–C) groups is 1. The van der Waals surface area contributed by atoms with Crippen molar-refractivity contribution in [2.45, 2.75) is 52.0 Å². The molecule has 0 atom stereocenters. The molecule has 11 nitrogen and oxygen atoms in total. The van der Waals surface area contributed by atoms with Crippen LogP contribution in [-0.2, 0) is 22.5 Å². The van der Waals surface area contributed by atoms with Crippen LogP contribution < -0.4 is 21.1 Å². The van der Waals surface area contributed by atoms with Crippen LogP contribution in [0, 0.1) is 34.6 Å². The maximum atomic E-state index is 13.8. The number of para-hydroxylation sites is 1. The molecule has 0 spiro atoms. The highest BCUT2D eigenvalue weighted by Gasteiger charge is 2.23. The molecule has 0 fully saturated rings. The van der Waals surface area contributed by atoms with E-state index < -0.39 is 41.4 Å². The van der Waals surface area contributed by atoms with E-state index in [0.717, 1.165) is 54.3 Å². The van der Waals surface area contributed by atoms with Gasteiger partial charge in [-0.15, -0.1) is 0 Å². The molecule has 4 N–H and O–H groups in total. The number of nitrogens with two attached hydrogens (primary N) is 1. The molecule has 2 heterocycles. The van der Waals surface area contributed by atoms with Crippen molar-refractivity contribution in [1.82, 2.24) is 19.9 Å². The normalized spacial score (nSPS) is 11.6. The van der Waals surface area contributed by atoms with Crippen molar-refractivity contribution in [2.24, 2.45) is 4.99 Å². The first-order valence-corrected chi connectivity index (χ1v) is 16.9. The van der Waals surface area contributed by atoms with Crippen molar-refractivity contribution in [3.8, 4) is 11.8 Å². The molecule has 0 saturated carbocycles. The van der Waals surface area contributed by atoms with Crippen LogP contribution in [0.1, 0.15) is 50.4 Å². The highest BCUT2D eigenvalue weighted by Crippen LogP contribution is 2.30. The van der Waals surface area contributed by atoms with E-state index in [1.54, 1.807) is 24.3 Å². The topological polar surface area (TPSA) is 152 Å². The van der Waals surface area contributed by atoms with Gasteiger partial charge >= 0.3 is 5.97 Å². The zero-order valence-corrected chi connectivity index (χ0v) is 28.5. The molecule has 3 aromatic carbocycles. The second-order valence-electron chi connectivity index (χ2n) is 11.8. The van der Waals surface area contributed by atoms with Gasteiger partial charge in [-0.05, 0) is 43.5 Å². The average molecular weight is 719 g/mol. The maximum Gasteiger partial charge on any atom is 0.313 e. The number of ether oxygens (including phenoxy) is 2. The number of guanidine groups is 1. The summed E-state index contributed by atoms with van der Waals surface area (Å²) in [6.07, 6.45) is 3.97. The van der Waals surface area contributed by atoms with Crippen molar-refractivity contribution < 1.29 is 31.8 Å². The van der Waals surface area contributed by atoms with E-state index in [9.17, 15) is 27.6 Å². The second kappa shape index (κ2) is 18.0. The van der Waals surface area contributed by atoms with E-state index in [2.05, 4.69) is 37.9 Å². The lowest BCUT2D eigenvalue weighted by molar-refractivity contribution is -0.136. The Morgan fingerprint density at radius 2 is 1.79 bits per heavy atom. The van der Waals surface area contributed by atoms with Gasteiger partial charge in [-0.2, -0.15) is 14.0 Å². The van der Waals surface area contributed by atoms with Gasteiger partial charge in [0.2, 0.25) is 17.4 Å². The molecule has 0 amide bonds. The number of esters is 1. The maximum absolute atomic E-state index is 13.8. The first-order chi connectivity index (χ1) is 25.2. The Balaban J connectivity index is 1.18. The van der Waals surface area contributed by atoms with Gasteiger partial charge in [0.25, 0.3) is 0 Å². The molecule has 0 bridgehead atoms. The fraction of sp³-hybridized carbons (Fsp3) is 0.324. The van der Waals surface area contributed by atoms with Gasteiger partial charge in [-0.3, -0.25) is 9.79 Å². The summed E-state index contributed by atoms with van der Waals surface area (Å²) >= 11 is 0. The third kappa shape index (κ3) is 9.32. The summed E-state index contributed by atoms with van der Waals surface area (Å²) in [5.41, 5.74) is 9.96. The fourth-order valence-electron chi connectivity index (χ4n) is 5.49. The van der Waals surface area contributed by atoms with Gasteiger partial charge in [0.05, 0.1) is 42.3 Å². The minimum Gasteiger partial charge on any atom is -0.420 e.